The van der Waals surface area contributed by atoms with Gasteiger partial charge >= 0.3 is 5.69 Å². The highest BCUT2D eigenvalue weighted by Crippen LogP contribution is 2.28. The molecule has 2 fully saturated rings. The highest BCUT2D eigenvalue weighted by atomic mass is 32.1. The van der Waals surface area contributed by atoms with E-state index in [1.54, 1.807) is 0 Å². The standard InChI is InChI=1S/C36H45N5OS/c42-36-40(24-12-23-37-27-28-13-4-1-5-14-28)32-19-10-11-20-33(32)41(36)31-21-25-39(26-22-31)35(43)38-34(29-15-6-2-7-16-29)30-17-8-3-9-18-30/h2-3,6-11,15-20,28,31,34,37H,1,4-5,12-14,21-27H2,(H,38,43). The summed E-state index contributed by atoms with van der Waals surface area (Å²) in [5.41, 5.74) is 4.60. The molecule has 2 N–H and O–H groups in total. The van der Waals surface area contributed by atoms with Crippen molar-refractivity contribution in [3.8, 4) is 0 Å². The molecule has 7 heteroatoms. The number of benzene rings is 3. The van der Waals surface area contributed by atoms with Crippen molar-refractivity contribution >= 4 is 28.4 Å². The van der Waals surface area contributed by atoms with E-state index >= 15 is 0 Å². The molecule has 1 aliphatic heterocycles. The Morgan fingerprint density at radius 2 is 1.40 bits per heavy atom. The summed E-state index contributed by atoms with van der Waals surface area (Å²) in [6.45, 7) is 4.46. The average molecular weight is 596 g/mol. The molecule has 4 aromatic rings. The van der Waals surface area contributed by atoms with Crippen molar-refractivity contribution in [2.75, 3.05) is 26.2 Å². The minimum absolute atomic E-state index is 0.00891. The Balaban J connectivity index is 1.09. The number of hydrogen-bond donors (Lipinski definition) is 2. The molecule has 0 bridgehead atoms. The van der Waals surface area contributed by atoms with Gasteiger partial charge in [-0.2, -0.15) is 0 Å². The van der Waals surface area contributed by atoms with Crippen LogP contribution in [0.1, 0.15) is 74.6 Å². The third kappa shape index (κ3) is 7.05. The number of aromatic nitrogens is 2. The predicted molar refractivity (Wildman–Crippen MR) is 181 cm³/mol. The Morgan fingerprint density at radius 3 is 2.05 bits per heavy atom. The van der Waals surface area contributed by atoms with E-state index in [1.807, 2.05) is 22.8 Å². The molecule has 0 unspecified atom stereocenters. The molecule has 3 aromatic carbocycles. The highest BCUT2D eigenvalue weighted by Gasteiger charge is 2.27. The first kappa shape index (κ1) is 29.6. The first-order valence-electron chi connectivity index (χ1n) is 16.2. The van der Waals surface area contributed by atoms with Crippen molar-refractivity contribution < 1.29 is 0 Å². The molecule has 0 radical (unpaired) electrons. The summed E-state index contributed by atoms with van der Waals surface area (Å²) in [4.78, 5) is 16.1. The van der Waals surface area contributed by atoms with Gasteiger partial charge in [0.2, 0.25) is 0 Å². The third-order valence-electron chi connectivity index (χ3n) is 9.41. The summed E-state index contributed by atoms with van der Waals surface area (Å²) >= 11 is 5.96. The van der Waals surface area contributed by atoms with Crippen LogP contribution in [0.25, 0.3) is 11.0 Å². The fourth-order valence-corrected chi connectivity index (χ4v) is 7.35. The number of thiocarbonyl (C=S) groups is 1. The van der Waals surface area contributed by atoms with Gasteiger partial charge in [0.25, 0.3) is 0 Å². The zero-order valence-corrected chi connectivity index (χ0v) is 26.0. The van der Waals surface area contributed by atoms with Gasteiger partial charge in [0, 0.05) is 25.7 Å². The van der Waals surface area contributed by atoms with E-state index in [4.69, 9.17) is 12.2 Å². The first-order chi connectivity index (χ1) is 21.2. The summed E-state index contributed by atoms with van der Waals surface area (Å²) in [6.07, 6.45) is 9.62. The van der Waals surface area contributed by atoms with Crippen molar-refractivity contribution in [3.63, 3.8) is 0 Å². The molecule has 1 saturated carbocycles. The van der Waals surface area contributed by atoms with Crippen LogP contribution in [-0.2, 0) is 6.54 Å². The monoisotopic (exact) mass is 595 g/mol. The maximum atomic E-state index is 13.8. The van der Waals surface area contributed by atoms with Gasteiger partial charge in [-0.3, -0.25) is 9.13 Å². The molecule has 2 aliphatic rings. The van der Waals surface area contributed by atoms with Gasteiger partial charge in [0.05, 0.1) is 17.1 Å². The van der Waals surface area contributed by atoms with Crippen LogP contribution in [-0.4, -0.2) is 45.3 Å². The second-order valence-electron chi connectivity index (χ2n) is 12.3. The molecule has 0 amide bonds. The van der Waals surface area contributed by atoms with Crippen molar-refractivity contribution in [2.24, 2.45) is 5.92 Å². The summed E-state index contributed by atoms with van der Waals surface area (Å²) in [6, 6.07) is 29.4. The quantitative estimate of drug-likeness (QED) is 0.159. The van der Waals surface area contributed by atoms with E-state index in [-0.39, 0.29) is 17.8 Å². The van der Waals surface area contributed by atoms with E-state index < -0.39 is 0 Å². The van der Waals surface area contributed by atoms with Crippen molar-refractivity contribution in [1.82, 2.24) is 24.7 Å². The minimum atomic E-state index is -0.00891. The third-order valence-corrected chi connectivity index (χ3v) is 9.79. The second kappa shape index (κ2) is 14.4. The van der Waals surface area contributed by atoms with Gasteiger partial charge in [-0.05, 0) is 86.6 Å². The number of para-hydroxylation sites is 2. The lowest BCUT2D eigenvalue weighted by atomic mass is 9.89. The van der Waals surface area contributed by atoms with Crippen LogP contribution in [0.15, 0.2) is 89.7 Å². The molecule has 0 spiro atoms. The Hall–Kier alpha value is -3.42. The van der Waals surface area contributed by atoms with E-state index in [2.05, 4.69) is 86.8 Å². The highest BCUT2D eigenvalue weighted by molar-refractivity contribution is 7.80. The number of likely N-dealkylation sites (tertiary alicyclic amines) is 1. The van der Waals surface area contributed by atoms with E-state index in [0.717, 1.165) is 74.0 Å². The SMILES string of the molecule is O=c1n(CCCNCC2CCCCC2)c2ccccc2n1C1CCN(C(=S)NC(c2ccccc2)c2ccccc2)CC1. The number of hydrogen-bond acceptors (Lipinski definition) is 3. The molecular weight excluding hydrogens is 550 g/mol. The van der Waals surface area contributed by atoms with Crippen molar-refractivity contribution in [3.05, 3.63) is 107 Å². The van der Waals surface area contributed by atoms with Crippen molar-refractivity contribution in [1.29, 1.82) is 0 Å². The lowest BCUT2D eigenvalue weighted by Gasteiger charge is -2.35. The van der Waals surface area contributed by atoms with Gasteiger partial charge in [-0.25, -0.2) is 4.79 Å². The van der Waals surface area contributed by atoms with Crippen LogP contribution in [0.4, 0.5) is 0 Å². The minimum Gasteiger partial charge on any atom is -0.352 e. The number of fused-ring (bicyclic) bond motifs is 1. The lowest BCUT2D eigenvalue weighted by Crippen LogP contribution is -2.46. The fraction of sp³-hybridized carbons (Fsp3) is 0.444. The van der Waals surface area contributed by atoms with Gasteiger partial charge in [-0.1, -0.05) is 92.1 Å². The summed E-state index contributed by atoms with van der Waals surface area (Å²) in [5, 5.41) is 8.09. The smallest absolute Gasteiger partial charge is 0.329 e. The average Bonchev–Trinajstić information content (AvgIpc) is 3.35. The molecule has 43 heavy (non-hydrogen) atoms. The summed E-state index contributed by atoms with van der Waals surface area (Å²) in [5.74, 6) is 0.829. The Bertz CT molecular complexity index is 1480. The number of aryl methyl sites for hydroxylation is 1. The number of nitrogens with one attached hydrogen (secondary N) is 2. The number of piperidine rings is 1. The number of nitrogens with zero attached hydrogens (tertiary/aromatic N) is 3. The maximum Gasteiger partial charge on any atom is 0.329 e. The van der Waals surface area contributed by atoms with E-state index in [9.17, 15) is 4.79 Å². The van der Waals surface area contributed by atoms with Gasteiger partial charge in [-0.15, -0.1) is 0 Å². The predicted octanol–water partition coefficient (Wildman–Crippen LogP) is 6.66. The Morgan fingerprint density at radius 1 is 0.791 bits per heavy atom. The molecule has 1 saturated heterocycles. The topological polar surface area (TPSA) is 54.2 Å². The van der Waals surface area contributed by atoms with Gasteiger partial charge in [0.15, 0.2) is 5.11 Å². The fourth-order valence-electron chi connectivity index (χ4n) is 7.05. The zero-order valence-electron chi connectivity index (χ0n) is 25.2. The second-order valence-corrected chi connectivity index (χ2v) is 12.7. The molecular formula is C36H45N5OS. The largest absolute Gasteiger partial charge is 0.352 e. The van der Waals surface area contributed by atoms with Crippen LogP contribution < -0.4 is 16.3 Å². The van der Waals surface area contributed by atoms with Gasteiger partial charge < -0.3 is 15.5 Å². The lowest BCUT2D eigenvalue weighted by molar-refractivity contribution is 0.262. The molecule has 6 nitrogen and oxygen atoms in total. The molecule has 2 heterocycles. The molecule has 1 aliphatic carbocycles. The van der Waals surface area contributed by atoms with Crippen LogP contribution in [0.3, 0.4) is 0 Å². The molecule has 226 valence electrons. The van der Waals surface area contributed by atoms with Crippen LogP contribution in [0.5, 0.6) is 0 Å². The maximum absolute atomic E-state index is 13.8. The van der Waals surface area contributed by atoms with Crippen molar-refractivity contribution in [2.45, 2.75) is 70.0 Å². The number of imidazole rings is 1. The zero-order chi connectivity index (χ0) is 29.4. The van der Waals surface area contributed by atoms with Crippen LogP contribution in [0, 0.1) is 5.92 Å². The molecule has 6 rings (SSSR count). The van der Waals surface area contributed by atoms with Gasteiger partial charge in [0.1, 0.15) is 0 Å². The van der Waals surface area contributed by atoms with Crippen LogP contribution >= 0.6 is 12.2 Å². The molecule has 1 aromatic heterocycles. The Labute approximate surface area is 261 Å². The van der Waals surface area contributed by atoms with Crippen LogP contribution in [0.2, 0.25) is 0 Å². The van der Waals surface area contributed by atoms with E-state index in [1.165, 1.54) is 43.2 Å². The summed E-state index contributed by atoms with van der Waals surface area (Å²) < 4.78 is 4.07. The van der Waals surface area contributed by atoms with E-state index in [0.29, 0.717) is 0 Å². The molecule has 0 atom stereocenters. The number of rotatable bonds is 10. The summed E-state index contributed by atoms with van der Waals surface area (Å²) in [7, 11) is 0. The Kier molecular flexibility index (Phi) is 9.90. The first-order valence-corrected chi connectivity index (χ1v) is 16.7. The normalized spacial score (nSPS) is 16.6.